The van der Waals surface area contributed by atoms with Gasteiger partial charge in [-0.25, -0.2) is 4.39 Å². The molecule has 0 aromatic heterocycles. The van der Waals surface area contributed by atoms with Gasteiger partial charge in [0.2, 0.25) is 0 Å². The molecule has 124 valence electrons. The van der Waals surface area contributed by atoms with Crippen molar-refractivity contribution in [2.75, 3.05) is 6.54 Å². The fourth-order valence-corrected chi connectivity index (χ4v) is 3.20. The third-order valence-corrected chi connectivity index (χ3v) is 4.70. The van der Waals surface area contributed by atoms with Crippen LogP contribution in [0.3, 0.4) is 0 Å². The average Bonchev–Trinajstić information content (AvgIpc) is 3.34. The molecule has 1 N–H and O–H groups in total. The lowest BCUT2D eigenvalue weighted by molar-refractivity contribution is 0.461. The first-order valence-electron chi connectivity index (χ1n) is 9.30. The maximum atomic E-state index is 13.4. The normalized spacial score (nSPS) is 15.9. The van der Waals surface area contributed by atoms with Crippen molar-refractivity contribution in [3.63, 3.8) is 0 Å². The summed E-state index contributed by atoms with van der Waals surface area (Å²) in [6.45, 7) is 3.33. The molecule has 0 spiro atoms. The molecule has 1 fully saturated rings. The van der Waals surface area contributed by atoms with Crippen LogP contribution in [0.4, 0.5) is 4.39 Å². The van der Waals surface area contributed by atoms with Crippen LogP contribution in [0.2, 0.25) is 0 Å². The number of nitrogens with one attached hydrogen (secondary N) is 1. The van der Waals surface area contributed by atoms with Crippen molar-refractivity contribution in [3.05, 3.63) is 35.6 Å². The maximum Gasteiger partial charge on any atom is 0.123 e. The second kappa shape index (κ2) is 9.99. The van der Waals surface area contributed by atoms with Gasteiger partial charge < -0.3 is 5.32 Å². The van der Waals surface area contributed by atoms with Crippen molar-refractivity contribution in [3.8, 4) is 0 Å². The van der Waals surface area contributed by atoms with Crippen molar-refractivity contribution >= 4 is 0 Å². The van der Waals surface area contributed by atoms with E-state index in [0.29, 0.717) is 6.04 Å². The van der Waals surface area contributed by atoms with Gasteiger partial charge in [-0.3, -0.25) is 0 Å². The van der Waals surface area contributed by atoms with E-state index in [4.69, 9.17) is 0 Å². The Morgan fingerprint density at radius 2 is 1.73 bits per heavy atom. The number of hydrogen-bond acceptors (Lipinski definition) is 1. The third kappa shape index (κ3) is 6.48. The summed E-state index contributed by atoms with van der Waals surface area (Å²) in [5.41, 5.74) is 1.13. The molecule has 1 saturated carbocycles. The Kier molecular flexibility index (Phi) is 7.93. The molecule has 0 amide bonds. The number of benzene rings is 1. The molecule has 0 bridgehead atoms. The third-order valence-electron chi connectivity index (χ3n) is 4.70. The molecule has 1 aliphatic rings. The van der Waals surface area contributed by atoms with Gasteiger partial charge in [-0.2, -0.15) is 0 Å². The summed E-state index contributed by atoms with van der Waals surface area (Å²) < 4.78 is 13.4. The Morgan fingerprint density at radius 3 is 2.36 bits per heavy atom. The van der Waals surface area contributed by atoms with Gasteiger partial charge in [-0.1, -0.05) is 64.0 Å². The SMILES string of the molecule is CCCCCCCCCCN[C@@H](c1cccc(F)c1)C1CC1. The van der Waals surface area contributed by atoms with Crippen molar-refractivity contribution in [2.45, 2.75) is 77.2 Å². The first kappa shape index (κ1) is 17.5. The van der Waals surface area contributed by atoms with E-state index in [9.17, 15) is 4.39 Å². The largest absolute Gasteiger partial charge is 0.310 e. The number of halogens is 1. The van der Waals surface area contributed by atoms with E-state index in [1.54, 1.807) is 6.07 Å². The summed E-state index contributed by atoms with van der Waals surface area (Å²) in [4.78, 5) is 0. The van der Waals surface area contributed by atoms with Crippen molar-refractivity contribution < 1.29 is 4.39 Å². The summed E-state index contributed by atoms with van der Waals surface area (Å²) in [5.74, 6) is 0.605. The summed E-state index contributed by atoms with van der Waals surface area (Å²) in [6.07, 6.45) is 13.4. The second-order valence-corrected chi connectivity index (χ2v) is 6.80. The Labute approximate surface area is 135 Å². The lowest BCUT2D eigenvalue weighted by Crippen LogP contribution is -2.24. The molecule has 1 atom stereocenters. The summed E-state index contributed by atoms with van der Waals surface area (Å²) in [6, 6.07) is 7.49. The zero-order valence-electron chi connectivity index (χ0n) is 14.1. The summed E-state index contributed by atoms with van der Waals surface area (Å²) >= 11 is 0. The smallest absolute Gasteiger partial charge is 0.123 e. The number of hydrogen-bond donors (Lipinski definition) is 1. The molecule has 0 radical (unpaired) electrons. The predicted molar refractivity (Wildman–Crippen MR) is 92.5 cm³/mol. The highest BCUT2D eigenvalue weighted by Gasteiger charge is 2.31. The van der Waals surface area contributed by atoms with E-state index >= 15 is 0 Å². The van der Waals surface area contributed by atoms with Gasteiger partial charge in [0.25, 0.3) is 0 Å². The predicted octanol–water partition coefficient (Wildman–Crippen LogP) is 6.01. The highest BCUT2D eigenvalue weighted by molar-refractivity contribution is 5.22. The first-order chi connectivity index (χ1) is 10.8. The highest BCUT2D eigenvalue weighted by Crippen LogP contribution is 2.41. The van der Waals surface area contributed by atoms with Crippen molar-refractivity contribution in [2.24, 2.45) is 5.92 Å². The Bertz CT molecular complexity index is 414. The highest BCUT2D eigenvalue weighted by atomic mass is 19.1. The molecular weight excluding hydrogens is 273 g/mol. The van der Waals surface area contributed by atoms with Gasteiger partial charge in [-0.05, 0) is 49.4 Å². The zero-order valence-corrected chi connectivity index (χ0v) is 14.1. The lowest BCUT2D eigenvalue weighted by Gasteiger charge is -2.19. The second-order valence-electron chi connectivity index (χ2n) is 6.80. The molecule has 0 heterocycles. The fourth-order valence-electron chi connectivity index (χ4n) is 3.20. The molecule has 1 aromatic rings. The van der Waals surface area contributed by atoms with Gasteiger partial charge in [0, 0.05) is 6.04 Å². The Hall–Kier alpha value is -0.890. The maximum absolute atomic E-state index is 13.4. The van der Waals surface area contributed by atoms with Gasteiger partial charge >= 0.3 is 0 Å². The molecule has 1 aliphatic carbocycles. The quantitative estimate of drug-likeness (QED) is 0.466. The molecule has 2 heteroatoms. The van der Waals surface area contributed by atoms with Gasteiger partial charge in [0.05, 0.1) is 0 Å². The van der Waals surface area contributed by atoms with Gasteiger partial charge in [0.15, 0.2) is 0 Å². The van der Waals surface area contributed by atoms with Crippen LogP contribution in [0.1, 0.15) is 82.7 Å². The van der Waals surface area contributed by atoms with E-state index in [1.165, 1.54) is 70.3 Å². The van der Waals surface area contributed by atoms with Gasteiger partial charge in [-0.15, -0.1) is 0 Å². The number of unbranched alkanes of at least 4 members (excludes halogenated alkanes) is 7. The molecule has 1 aromatic carbocycles. The van der Waals surface area contributed by atoms with E-state index in [-0.39, 0.29) is 5.82 Å². The minimum absolute atomic E-state index is 0.114. The van der Waals surface area contributed by atoms with E-state index in [0.717, 1.165) is 18.0 Å². The summed E-state index contributed by atoms with van der Waals surface area (Å²) in [7, 11) is 0. The molecule has 2 rings (SSSR count). The monoisotopic (exact) mass is 305 g/mol. The topological polar surface area (TPSA) is 12.0 Å². The van der Waals surface area contributed by atoms with Crippen LogP contribution in [-0.2, 0) is 0 Å². The summed E-state index contributed by atoms with van der Waals surface area (Å²) in [5, 5.41) is 3.67. The molecule has 1 nitrogen and oxygen atoms in total. The van der Waals surface area contributed by atoms with Crippen LogP contribution in [0.15, 0.2) is 24.3 Å². The molecule has 22 heavy (non-hydrogen) atoms. The molecular formula is C20H32FN. The van der Waals surface area contributed by atoms with Crippen LogP contribution in [-0.4, -0.2) is 6.54 Å². The van der Waals surface area contributed by atoms with Crippen LogP contribution in [0.5, 0.6) is 0 Å². The van der Waals surface area contributed by atoms with E-state index in [1.807, 2.05) is 6.07 Å². The van der Waals surface area contributed by atoms with Crippen molar-refractivity contribution in [1.82, 2.24) is 5.32 Å². The van der Waals surface area contributed by atoms with Crippen LogP contribution in [0, 0.1) is 11.7 Å². The average molecular weight is 305 g/mol. The van der Waals surface area contributed by atoms with Gasteiger partial charge in [0.1, 0.15) is 5.82 Å². The zero-order chi connectivity index (χ0) is 15.6. The van der Waals surface area contributed by atoms with Crippen LogP contribution in [0.25, 0.3) is 0 Å². The molecule has 0 aliphatic heterocycles. The van der Waals surface area contributed by atoms with E-state index < -0.39 is 0 Å². The fraction of sp³-hybridized carbons (Fsp3) is 0.700. The first-order valence-corrected chi connectivity index (χ1v) is 9.30. The lowest BCUT2D eigenvalue weighted by atomic mass is 10.0. The Balaban J connectivity index is 1.60. The van der Waals surface area contributed by atoms with Crippen LogP contribution >= 0.6 is 0 Å². The van der Waals surface area contributed by atoms with E-state index in [2.05, 4.69) is 18.3 Å². The minimum Gasteiger partial charge on any atom is -0.310 e. The number of rotatable bonds is 12. The molecule has 0 unspecified atom stereocenters. The Morgan fingerprint density at radius 1 is 1.05 bits per heavy atom. The van der Waals surface area contributed by atoms with Crippen LogP contribution < -0.4 is 5.32 Å². The van der Waals surface area contributed by atoms with Crippen molar-refractivity contribution in [1.29, 1.82) is 0 Å². The minimum atomic E-state index is -0.114. The molecule has 0 saturated heterocycles. The standard InChI is InChI=1S/C20H32FN/c1-2-3-4-5-6-7-8-9-15-22-20(17-13-14-17)18-11-10-12-19(21)16-18/h10-12,16-17,20,22H,2-9,13-15H2,1H3/t20-/m1/s1.